The van der Waals surface area contributed by atoms with Crippen molar-refractivity contribution in [2.24, 2.45) is 0 Å². The Kier molecular flexibility index (Phi) is 5.01. The van der Waals surface area contributed by atoms with E-state index in [2.05, 4.69) is 5.32 Å². The maximum atomic E-state index is 12.8. The predicted octanol–water partition coefficient (Wildman–Crippen LogP) is 2.71. The summed E-state index contributed by atoms with van der Waals surface area (Å²) in [6, 6.07) is 6.74. The first kappa shape index (κ1) is 17.7. The number of alkyl halides is 3. The highest BCUT2D eigenvalue weighted by molar-refractivity contribution is 5.94. The smallest absolute Gasteiger partial charge is 0.380 e. The van der Waals surface area contributed by atoms with Gasteiger partial charge in [0, 0.05) is 18.8 Å². The van der Waals surface area contributed by atoms with Crippen molar-refractivity contribution in [1.82, 2.24) is 4.90 Å². The normalized spacial score (nSPS) is 20.1. The van der Waals surface area contributed by atoms with Crippen LogP contribution in [0, 0.1) is 6.92 Å². The van der Waals surface area contributed by atoms with E-state index in [1.807, 2.05) is 25.1 Å². The van der Waals surface area contributed by atoms with Gasteiger partial charge in [0.15, 0.2) is 5.60 Å². The quantitative estimate of drug-likeness (QED) is 0.896. The molecule has 1 saturated heterocycles. The van der Waals surface area contributed by atoms with Crippen molar-refractivity contribution in [2.75, 3.05) is 18.4 Å². The average Bonchev–Trinajstić information content (AvgIpc) is 2.46. The van der Waals surface area contributed by atoms with Crippen molar-refractivity contribution in [3.05, 3.63) is 29.8 Å². The molecule has 7 heteroatoms. The van der Waals surface area contributed by atoms with Crippen molar-refractivity contribution >= 4 is 11.6 Å². The number of piperidine rings is 1. The average molecular weight is 330 g/mol. The van der Waals surface area contributed by atoms with Crippen LogP contribution in [0.25, 0.3) is 0 Å². The molecule has 0 spiro atoms. The van der Waals surface area contributed by atoms with Crippen molar-refractivity contribution in [3.63, 3.8) is 0 Å². The summed E-state index contributed by atoms with van der Waals surface area (Å²) in [5, 5.41) is 12.4. The molecule has 1 fully saturated rings. The van der Waals surface area contributed by atoms with Crippen molar-refractivity contribution in [3.8, 4) is 0 Å². The lowest BCUT2D eigenvalue weighted by Crippen LogP contribution is -2.56. The van der Waals surface area contributed by atoms with E-state index < -0.39 is 30.7 Å². The Hall–Kier alpha value is -1.60. The fourth-order valence-corrected chi connectivity index (χ4v) is 2.70. The minimum Gasteiger partial charge on any atom is -0.380 e. The highest BCUT2D eigenvalue weighted by Crippen LogP contribution is 2.38. The first-order valence-corrected chi connectivity index (χ1v) is 7.53. The lowest BCUT2D eigenvalue weighted by Gasteiger charge is -2.40. The summed E-state index contributed by atoms with van der Waals surface area (Å²) in [6.07, 6.45) is -5.47. The van der Waals surface area contributed by atoms with Crippen molar-refractivity contribution in [2.45, 2.75) is 44.5 Å². The second kappa shape index (κ2) is 6.49. The number of halogens is 3. The lowest BCUT2D eigenvalue weighted by atomic mass is 9.90. The van der Waals surface area contributed by atoms with Crippen LogP contribution in [-0.2, 0) is 4.79 Å². The first-order valence-electron chi connectivity index (χ1n) is 7.53. The molecule has 2 N–H and O–H groups in total. The maximum Gasteiger partial charge on any atom is 0.417 e. The summed E-state index contributed by atoms with van der Waals surface area (Å²) in [6.45, 7) is 3.61. The number of nitrogens with zero attached hydrogens (tertiary/aromatic N) is 1. The third-order valence-corrected chi connectivity index (χ3v) is 4.37. The number of aryl methyl sites for hydroxylation is 1. The molecule has 23 heavy (non-hydrogen) atoms. The van der Waals surface area contributed by atoms with Crippen LogP contribution in [0.4, 0.5) is 18.9 Å². The second-order valence-electron chi connectivity index (χ2n) is 6.10. The molecule has 4 nitrogen and oxygen atoms in total. The maximum absolute atomic E-state index is 12.8. The van der Waals surface area contributed by atoms with Gasteiger partial charge in [-0.15, -0.1) is 0 Å². The fourth-order valence-electron chi connectivity index (χ4n) is 2.70. The zero-order valence-corrected chi connectivity index (χ0v) is 13.2. The Labute approximate surface area is 133 Å². The van der Waals surface area contributed by atoms with Gasteiger partial charge in [-0.2, -0.15) is 13.2 Å². The Morgan fingerprint density at radius 3 is 2.48 bits per heavy atom. The number of aliphatic hydroxyl groups is 1. The summed E-state index contributed by atoms with van der Waals surface area (Å²) in [7, 11) is 0. The van der Waals surface area contributed by atoms with Crippen LogP contribution >= 0.6 is 0 Å². The number of carbonyl (C=O) groups excluding carboxylic acids is 1. The molecule has 0 radical (unpaired) electrons. The molecular weight excluding hydrogens is 309 g/mol. The molecule has 1 amide bonds. The number of rotatable bonds is 3. The number of hydrogen-bond acceptors (Lipinski definition) is 3. The van der Waals surface area contributed by atoms with Gasteiger partial charge in [-0.05, 0) is 44.4 Å². The van der Waals surface area contributed by atoms with E-state index in [9.17, 15) is 23.1 Å². The van der Waals surface area contributed by atoms with E-state index in [-0.39, 0.29) is 19.0 Å². The van der Waals surface area contributed by atoms with E-state index in [0.29, 0.717) is 5.69 Å². The number of likely N-dealkylation sites (tertiary alicyclic amines) is 1. The molecular formula is C16H21F3N2O2. The Morgan fingerprint density at radius 2 is 1.96 bits per heavy atom. The molecule has 1 aromatic rings. The summed E-state index contributed by atoms with van der Waals surface area (Å²) in [4.78, 5) is 13.9. The molecule has 1 atom stereocenters. The highest BCUT2D eigenvalue weighted by atomic mass is 19.4. The van der Waals surface area contributed by atoms with Crippen LogP contribution in [0.2, 0.25) is 0 Å². The molecule has 0 saturated carbocycles. The Morgan fingerprint density at radius 1 is 1.35 bits per heavy atom. The SMILES string of the molecule is Cc1cccc(NC(=O)C(C)N2CCC(O)(C(F)(F)F)CC2)c1. The zero-order valence-electron chi connectivity index (χ0n) is 13.2. The lowest BCUT2D eigenvalue weighted by molar-refractivity contribution is -0.273. The molecule has 128 valence electrons. The number of nitrogens with one attached hydrogen (secondary N) is 1. The number of carbonyl (C=O) groups is 1. The Balaban J connectivity index is 1.94. The van der Waals surface area contributed by atoms with Gasteiger partial charge in [0.2, 0.25) is 5.91 Å². The fraction of sp³-hybridized carbons (Fsp3) is 0.562. The van der Waals surface area contributed by atoms with Crippen LogP contribution in [0.3, 0.4) is 0 Å². The van der Waals surface area contributed by atoms with E-state index in [0.717, 1.165) is 5.56 Å². The largest absolute Gasteiger partial charge is 0.417 e. The van der Waals surface area contributed by atoms with Gasteiger partial charge in [0.05, 0.1) is 6.04 Å². The van der Waals surface area contributed by atoms with Crippen LogP contribution in [0.15, 0.2) is 24.3 Å². The molecule has 1 aromatic carbocycles. The molecule has 1 unspecified atom stereocenters. The summed E-state index contributed by atoms with van der Waals surface area (Å²) < 4.78 is 38.4. The van der Waals surface area contributed by atoms with E-state index >= 15 is 0 Å². The topological polar surface area (TPSA) is 52.6 Å². The van der Waals surface area contributed by atoms with Crippen molar-refractivity contribution < 1.29 is 23.1 Å². The zero-order chi connectivity index (χ0) is 17.3. The Bertz CT molecular complexity index is 567. The molecule has 0 aromatic heterocycles. The van der Waals surface area contributed by atoms with Gasteiger partial charge in [-0.25, -0.2) is 0 Å². The predicted molar refractivity (Wildman–Crippen MR) is 81.1 cm³/mol. The molecule has 1 aliphatic rings. The third-order valence-electron chi connectivity index (χ3n) is 4.37. The van der Waals surface area contributed by atoms with Crippen LogP contribution in [0.1, 0.15) is 25.3 Å². The van der Waals surface area contributed by atoms with E-state index in [4.69, 9.17) is 0 Å². The highest BCUT2D eigenvalue weighted by Gasteiger charge is 2.54. The van der Waals surface area contributed by atoms with Gasteiger partial charge in [0.1, 0.15) is 0 Å². The minimum absolute atomic E-state index is 0.0262. The second-order valence-corrected chi connectivity index (χ2v) is 6.10. The third kappa shape index (κ3) is 4.03. The van der Waals surface area contributed by atoms with Gasteiger partial charge in [-0.3, -0.25) is 9.69 Å². The van der Waals surface area contributed by atoms with Crippen LogP contribution in [0.5, 0.6) is 0 Å². The van der Waals surface area contributed by atoms with E-state index in [1.54, 1.807) is 17.9 Å². The van der Waals surface area contributed by atoms with Crippen LogP contribution < -0.4 is 5.32 Å². The van der Waals surface area contributed by atoms with Gasteiger partial charge in [0.25, 0.3) is 0 Å². The monoisotopic (exact) mass is 330 g/mol. The standard InChI is InChI=1S/C16H21F3N2O2/c1-11-4-3-5-13(10-11)20-14(22)12(2)21-8-6-15(23,7-9-21)16(17,18)19/h3-5,10,12,23H,6-9H2,1-2H3,(H,20,22). The summed E-state index contributed by atoms with van der Waals surface area (Å²) in [5.41, 5.74) is -0.981. The van der Waals surface area contributed by atoms with Gasteiger partial charge < -0.3 is 10.4 Å². The summed E-state index contributed by atoms with van der Waals surface area (Å²) >= 11 is 0. The number of amides is 1. The van der Waals surface area contributed by atoms with E-state index in [1.165, 1.54) is 0 Å². The minimum atomic E-state index is -4.63. The van der Waals surface area contributed by atoms with Crippen LogP contribution in [-0.4, -0.2) is 46.8 Å². The molecule has 1 heterocycles. The molecule has 2 rings (SSSR count). The number of hydrogen-bond donors (Lipinski definition) is 2. The van der Waals surface area contributed by atoms with Gasteiger partial charge >= 0.3 is 6.18 Å². The van der Waals surface area contributed by atoms with Crippen molar-refractivity contribution in [1.29, 1.82) is 0 Å². The molecule has 0 aliphatic carbocycles. The first-order chi connectivity index (χ1) is 10.6. The number of anilines is 1. The molecule has 1 aliphatic heterocycles. The molecule has 0 bridgehead atoms. The number of benzene rings is 1. The van der Waals surface area contributed by atoms with Gasteiger partial charge in [-0.1, -0.05) is 12.1 Å². The summed E-state index contributed by atoms with van der Waals surface area (Å²) in [5.74, 6) is -0.270.